The van der Waals surface area contributed by atoms with Gasteiger partial charge >= 0.3 is 12.5 Å². The Bertz CT molecular complexity index is 410. The molecule has 0 saturated carbocycles. The van der Waals surface area contributed by atoms with Crippen LogP contribution in [0, 0.1) is 5.82 Å². The first kappa shape index (κ1) is 9.88. The van der Waals surface area contributed by atoms with Crippen LogP contribution in [0.3, 0.4) is 0 Å². The molecule has 1 heterocycles. The van der Waals surface area contributed by atoms with Crippen LogP contribution in [-0.4, -0.2) is 12.5 Å². The van der Waals surface area contributed by atoms with Crippen LogP contribution in [0.1, 0.15) is 0 Å². The molecule has 0 aliphatic carbocycles. The molecule has 1 aliphatic heterocycles. The molecule has 0 radical (unpaired) electrons. The number of fused-ring (bicyclic) bond motifs is 1. The molecule has 0 fully saturated rings. The van der Waals surface area contributed by atoms with E-state index in [2.05, 4.69) is 9.47 Å². The summed E-state index contributed by atoms with van der Waals surface area (Å²) in [5.41, 5.74) is 4.73. The van der Waals surface area contributed by atoms with Crippen molar-refractivity contribution < 1.29 is 27.0 Å². The zero-order chi connectivity index (χ0) is 11.2. The lowest BCUT2D eigenvalue weighted by atomic mass is 10.2. The van der Waals surface area contributed by atoms with Crippen LogP contribution in [-0.2, 0) is 0 Å². The zero-order valence-corrected chi connectivity index (χ0v) is 7.14. The summed E-state index contributed by atoms with van der Waals surface area (Å²) >= 11 is 0. The van der Waals surface area contributed by atoms with Crippen LogP contribution in [0.5, 0.6) is 11.5 Å². The highest BCUT2D eigenvalue weighted by atomic mass is 19.3. The van der Waals surface area contributed by atoms with E-state index < -0.39 is 29.8 Å². The fourth-order valence-corrected chi connectivity index (χ4v) is 1.10. The molecule has 3 nitrogen and oxygen atoms in total. The Labute approximate surface area is 81.4 Å². The summed E-state index contributed by atoms with van der Waals surface area (Å²) in [6.07, 6.45) is -7.06. The molecule has 0 saturated heterocycles. The molecule has 0 amide bonds. The van der Waals surface area contributed by atoms with Crippen LogP contribution in [0.2, 0.25) is 0 Å². The topological polar surface area (TPSA) is 44.5 Å². The quantitative estimate of drug-likeness (QED) is 0.540. The SMILES string of the molecule is Nc1cc2c(cc1F)OC(F)C(F)(F)O2. The van der Waals surface area contributed by atoms with E-state index in [4.69, 9.17) is 5.73 Å². The largest absolute Gasteiger partial charge is 0.468 e. The van der Waals surface area contributed by atoms with Gasteiger partial charge in [0.1, 0.15) is 5.82 Å². The average Bonchev–Trinajstić information content (AvgIpc) is 2.11. The van der Waals surface area contributed by atoms with Gasteiger partial charge in [0.05, 0.1) is 5.69 Å². The fourth-order valence-electron chi connectivity index (χ4n) is 1.10. The van der Waals surface area contributed by atoms with Crippen molar-refractivity contribution in [2.24, 2.45) is 0 Å². The molecule has 7 heteroatoms. The van der Waals surface area contributed by atoms with Gasteiger partial charge in [0.2, 0.25) is 0 Å². The van der Waals surface area contributed by atoms with Crippen LogP contribution in [0.25, 0.3) is 0 Å². The van der Waals surface area contributed by atoms with E-state index in [1.165, 1.54) is 0 Å². The Kier molecular flexibility index (Phi) is 1.92. The van der Waals surface area contributed by atoms with Gasteiger partial charge in [-0.05, 0) is 0 Å². The van der Waals surface area contributed by atoms with Crippen molar-refractivity contribution in [1.82, 2.24) is 0 Å². The van der Waals surface area contributed by atoms with Crippen molar-refractivity contribution in [2.45, 2.75) is 12.5 Å². The van der Waals surface area contributed by atoms with Crippen LogP contribution >= 0.6 is 0 Å². The molecule has 0 bridgehead atoms. The first-order valence-electron chi connectivity index (χ1n) is 3.87. The molecule has 1 aromatic rings. The third kappa shape index (κ3) is 1.53. The third-order valence-corrected chi connectivity index (χ3v) is 1.80. The highest BCUT2D eigenvalue weighted by molar-refractivity contribution is 5.53. The molecule has 1 atom stereocenters. The maximum absolute atomic E-state index is 12.9. The minimum absolute atomic E-state index is 0.384. The van der Waals surface area contributed by atoms with Gasteiger partial charge in [-0.1, -0.05) is 0 Å². The van der Waals surface area contributed by atoms with Gasteiger partial charge in [0.15, 0.2) is 11.5 Å². The number of anilines is 1. The van der Waals surface area contributed by atoms with Gasteiger partial charge in [-0.15, -0.1) is 0 Å². The average molecular weight is 223 g/mol. The summed E-state index contributed by atoms with van der Waals surface area (Å²) in [6, 6.07) is 1.50. The Morgan fingerprint density at radius 3 is 2.60 bits per heavy atom. The summed E-state index contributed by atoms with van der Waals surface area (Å²) < 4.78 is 58.9. The third-order valence-electron chi connectivity index (χ3n) is 1.80. The van der Waals surface area contributed by atoms with Gasteiger partial charge in [-0.3, -0.25) is 0 Å². The lowest BCUT2D eigenvalue weighted by Gasteiger charge is -2.28. The molecule has 2 rings (SSSR count). The zero-order valence-electron chi connectivity index (χ0n) is 7.14. The Morgan fingerprint density at radius 1 is 1.27 bits per heavy atom. The summed E-state index contributed by atoms with van der Waals surface area (Å²) in [5.74, 6) is -1.83. The maximum atomic E-state index is 12.9. The minimum Gasteiger partial charge on any atom is -0.447 e. The predicted molar refractivity (Wildman–Crippen MR) is 41.9 cm³/mol. The van der Waals surface area contributed by atoms with E-state index in [1.807, 2.05) is 0 Å². The number of hydrogen-bond donors (Lipinski definition) is 1. The highest BCUT2D eigenvalue weighted by Gasteiger charge is 2.49. The van der Waals surface area contributed by atoms with Crippen LogP contribution in [0.4, 0.5) is 23.2 Å². The lowest BCUT2D eigenvalue weighted by molar-refractivity contribution is -0.281. The standard InChI is InChI=1S/C8H5F4NO2/c9-3-1-5-6(2-4(3)13)15-8(11,12)7(10)14-5/h1-2,7H,13H2. The number of hydrogen-bond acceptors (Lipinski definition) is 3. The normalized spacial score (nSPS) is 22.5. The van der Waals surface area contributed by atoms with E-state index in [-0.39, 0.29) is 5.69 Å². The second-order valence-electron chi connectivity index (χ2n) is 2.92. The predicted octanol–water partition coefficient (Wildman–Crippen LogP) is 2.07. The fraction of sp³-hybridized carbons (Fsp3) is 0.250. The number of rotatable bonds is 0. The molecule has 0 spiro atoms. The van der Waals surface area contributed by atoms with Crippen molar-refractivity contribution in [1.29, 1.82) is 0 Å². The number of benzene rings is 1. The van der Waals surface area contributed by atoms with Gasteiger partial charge < -0.3 is 15.2 Å². The van der Waals surface area contributed by atoms with E-state index >= 15 is 0 Å². The van der Waals surface area contributed by atoms with Crippen LogP contribution in [0.15, 0.2) is 12.1 Å². The monoisotopic (exact) mass is 223 g/mol. The van der Waals surface area contributed by atoms with Crippen molar-refractivity contribution in [3.05, 3.63) is 17.9 Å². The number of nitrogen functional groups attached to an aromatic ring is 1. The van der Waals surface area contributed by atoms with Crippen molar-refractivity contribution in [3.63, 3.8) is 0 Å². The highest BCUT2D eigenvalue weighted by Crippen LogP contribution is 2.42. The Hall–Kier alpha value is -1.66. The van der Waals surface area contributed by atoms with Gasteiger partial charge in [-0.25, -0.2) is 4.39 Å². The summed E-state index contributed by atoms with van der Waals surface area (Å²) in [5, 5.41) is 0. The van der Waals surface area contributed by atoms with Crippen molar-refractivity contribution in [3.8, 4) is 11.5 Å². The van der Waals surface area contributed by atoms with Crippen molar-refractivity contribution >= 4 is 5.69 Å². The number of alkyl halides is 3. The molecule has 0 aromatic heterocycles. The van der Waals surface area contributed by atoms with Crippen LogP contribution < -0.4 is 15.2 Å². The molecule has 1 unspecified atom stereocenters. The second-order valence-corrected chi connectivity index (χ2v) is 2.92. The molecule has 15 heavy (non-hydrogen) atoms. The van der Waals surface area contributed by atoms with E-state index in [0.717, 1.165) is 6.07 Å². The van der Waals surface area contributed by atoms with Gasteiger partial charge in [0.25, 0.3) is 0 Å². The van der Waals surface area contributed by atoms with Gasteiger partial charge in [0, 0.05) is 12.1 Å². The second kappa shape index (κ2) is 2.91. The Morgan fingerprint density at radius 2 is 1.93 bits per heavy atom. The Balaban J connectivity index is 2.46. The van der Waals surface area contributed by atoms with E-state index in [0.29, 0.717) is 6.07 Å². The molecular weight excluding hydrogens is 218 g/mol. The van der Waals surface area contributed by atoms with Crippen molar-refractivity contribution in [2.75, 3.05) is 5.73 Å². The molecule has 2 N–H and O–H groups in total. The maximum Gasteiger partial charge on any atom is 0.468 e. The van der Waals surface area contributed by atoms with E-state index in [9.17, 15) is 17.6 Å². The van der Waals surface area contributed by atoms with Gasteiger partial charge in [-0.2, -0.15) is 13.2 Å². The first-order chi connectivity index (χ1) is 6.90. The molecule has 1 aliphatic rings. The molecule has 1 aromatic carbocycles. The molecular formula is C8H5F4NO2. The van der Waals surface area contributed by atoms with E-state index in [1.54, 1.807) is 0 Å². The first-order valence-corrected chi connectivity index (χ1v) is 3.87. The number of ether oxygens (including phenoxy) is 2. The summed E-state index contributed by atoms with van der Waals surface area (Å²) in [6.45, 7) is 0. The smallest absolute Gasteiger partial charge is 0.447 e. The summed E-state index contributed by atoms with van der Waals surface area (Å²) in [4.78, 5) is 0. The number of nitrogens with two attached hydrogens (primary N) is 1. The summed E-state index contributed by atoms with van der Waals surface area (Å²) in [7, 11) is 0. The number of halogens is 4. The lowest BCUT2D eigenvalue weighted by Crippen LogP contribution is -2.43. The minimum atomic E-state index is -4.10. The molecule has 82 valence electrons.